The number of ether oxygens (including phenoxy) is 6. The second-order valence-electron chi connectivity index (χ2n) is 12.1. The van der Waals surface area contributed by atoms with Crippen LogP contribution in [-0.4, -0.2) is 68.3 Å². The third-order valence-corrected chi connectivity index (χ3v) is 8.73. The Kier molecular flexibility index (Phi) is 7.99. The van der Waals surface area contributed by atoms with Crippen LogP contribution in [0.3, 0.4) is 0 Å². The van der Waals surface area contributed by atoms with Gasteiger partial charge in [0.2, 0.25) is 12.2 Å². The fourth-order valence-electron chi connectivity index (χ4n) is 6.57. The number of hydrogen-bond acceptors (Lipinski definition) is 8. The predicted molar refractivity (Wildman–Crippen MR) is 174 cm³/mol. The summed E-state index contributed by atoms with van der Waals surface area (Å²) >= 11 is 0. The summed E-state index contributed by atoms with van der Waals surface area (Å²) in [6, 6.07) is 31.8. The van der Waals surface area contributed by atoms with E-state index in [4.69, 9.17) is 28.4 Å². The van der Waals surface area contributed by atoms with E-state index < -0.39 is 42.3 Å². The van der Waals surface area contributed by atoms with Gasteiger partial charge < -0.3 is 28.4 Å². The van der Waals surface area contributed by atoms with E-state index in [1.54, 1.807) is 48.3 Å². The standard InChI is InChI=1S/C37H36N2O8/c1-37(2)46-31(29-33(44-27-11-7-5-8-12-27)35(40)38(29)23-15-19-25(42-3)20-16-23)32(47-37)30-34(45-28-13-9-6-10-14-28)36(41)39(30)24-17-21-26(43-4)22-18-24/h5-22,29-34H,1-4H3/t29-,30-,31-,32-,33+,34+/m0/s1. The Morgan fingerprint density at radius 1 is 0.532 bits per heavy atom. The first-order valence-electron chi connectivity index (χ1n) is 15.5. The fraction of sp³-hybridized carbons (Fsp3) is 0.297. The Labute approximate surface area is 273 Å². The number of amides is 2. The third kappa shape index (κ3) is 5.64. The SMILES string of the molecule is COc1ccc(N2C(=O)[C@H](Oc3ccccc3)[C@@H]2[C@@H]2OC(C)(C)O[C@H]2[C@H]2[C@@H](Oc3ccccc3)C(=O)N2c2ccc(OC)cc2)cc1. The number of anilines is 2. The number of para-hydroxylation sites is 2. The molecule has 0 spiro atoms. The Morgan fingerprint density at radius 3 is 1.23 bits per heavy atom. The van der Waals surface area contributed by atoms with E-state index in [9.17, 15) is 9.59 Å². The van der Waals surface area contributed by atoms with Gasteiger partial charge >= 0.3 is 0 Å². The Hall–Kier alpha value is -5.06. The molecule has 3 saturated heterocycles. The maximum absolute atomic E-state index is 13.9. The van der Waals surface area contributed by atoms with E-state index in [1.807, 2.05) is 98.8 Å². The molecule has 0 unspecified atom stereocenters. The van der Waals surface area contributed by atoms with Gasteiger partial charge in [-0.1, -0.05) is 36.4 Å². The first kappa shape index (κ1) is 30.6. The highest BCUT2D eigenvalue weighted by molar-refractivity contribution is 6.06. The summed E-state index contributed by atoms with van der Waals surface area (Å²) in [6.45, 7) is 3.66. The van der Waals surface area contributed by atoms with Crippen molar-refractivity contribution in [1.29, 1.82) is 0 Å². The summed E-state index contributed by atoms with van der Waals surface area (Å²) in [7, 11) is 3.18. The van der Waals surface area contributed by atoms with Crippen LogP contribution < -0.4 is 28.7 Å². The molecule has 0 N–H and O–H groups in total. The molecule has 4 aromatic carbocycles. The molecule has 7 rings (SSSR count). The van der Waals surface area contributed by atoms with Crippen molar-refractivity contribution < 1.29 is 38.0 Å². The highest BCUT2D eigenvalue weighted by Crippen LogP contribution is 2.46. The number of carbonyl (C=O) groups is 2. The number of carbonyl (C=O) groups excluding carboxylic acids is 2. The molecule has 0 bridgehead atoms. The molecular formula is C37H36N2O8. The second-order valence-corrected chi connectivity index (χ2v) is 12.1. The van der Waals surface area contributed by atoms with Crippen LogP contribution in [0.2, 0.25) is 0 Å². The molecule has 0 aromatic heterocycles. The number of β-lactam (4-membered cyclic amide) rings is 2. The monoisotopic (exact) mass is 636 g/mol. The topological polar surface area (TPSA) is 96.0 Å². The number of benzene rings is 4. The third-order valence-electron chi connectivity index (χ3n) is 8.73. The quantitative estimate of drug-likeness (QED) is 0.218. The van der Waals surface area contributed by atoms with Crippen molar-refractivity contribution in [2.75, 3.05) is 24.0 Å². The predicted octanol–water partition coefficient (Wildman–Crippen LogP) is 5.25. The minimum Gasteiger partial charge on any atom is -0.497 e. The van der Waals surface area contributed by atoms with Crippen LogP contribution in [0.5, 0.6) is 23.0 Å². The van der Waals surface area contributed by atoms with Crippen LogP contribution in [0.25, 0.3) is 0 Å². The molecule has 0 saturated carbocycles. The number of hydrogen-bond donors (Lipinski definition) is 0. The van der Waals surface area contributed by atoms with Crippen molar-refractivity contribution in [2.45, 2.75) is 56.1 Å². The zero-order valence-corrected chi connectivity index (χ0v) is 26.5. The summed E-state index contributed by atoms with van der Waals surface area (Å²) in [4.78, 5) is 31.1. The van der Waals surface area contributed by atoms with Gasteiger partial charge in [0.25, 0.3) is 11.8 Å². The van der Waals surface area contributed by atoms with Gasteiger partial charge in [0.1, 0.15) is 47.3 Å². The summed E-state index contributed by atoms with van der Waals surface area (Å²) in [5, 5.41) is 0. The molecule has 6 atom stereocenters. The van der Waals surface area contributed by atoms with Crippen LogP contribution >= 0.6 is 0 Å². The van der Waals surface area contributed by atoms with E-state index >= 15 is 0 Å². The van der Waals surface area contributed by atoms with Crippen molar-refractivity contribution in [1.82, 2.24) is 0 Å². The molecular weight excluding hydrogens is 600 g/mol. The van der Waals surface area contributed by atoms with Crippen molar-refractivity contribution in [3.63, 3.8) is 0 Å². The molecule has 0 radical (unpaired) electrons. The molecule has 3 aliphatic heterocycles. The van der Waals surface area contributed by atoms with E-state index in [0.29, 0.717) is 34.4 Å². The van der Waals surface area contributed by atoms with Crippen LogP contribution in [0.1, 0.15) is 13.8 Å². The van der Waals surface area contributed by atoms with E-state index in [-0.39, 0.29) is 11.8 Å². The van der Waals surface area contributed by atoms with E-state index in [0.717, 1.165) is 0 Å². The van der Waals surface area contributed by atoms with E-state index in [2.05, 4.69) is 0 Å². The lowest BCUT2D eigenvalue weighted by Crippen LogP contribution is -2.77. The molecule has 47 heavy (non-hydrogen) atoms. The highest BCUT2D eigenvalue weighted by Gasteiger charge is 2.66. The summed E-state index contributed by atoms with van der Waals surface area (Å²) in [6.07, 6.45) is -3.16. The summed E-state index contributed by atoms with van der Waals surface area (Å²) in [5.74, 6) is 0.971. The van der Waals surface area contributed by atoms with Crippen LogP contribution in [-0.2, 0) is 19.1 Å². The molecule has 3 aliphatic rings. The van der Waals surface area contributed by atoms with Crippen molar-refractivity contribution >= 4 is 23.2 Å². The molecule has 3 heterocycles. The Bertz CT molecular complexity index is 1590. The molecule has 3 fully saturated rings. The fourth-order valence-corrected chi connectivity index (χ4v) is 6.57. The van der Waals surface area contributed by atoms with Gasteiger partial charge in [0.15, 0.2) is 5.79 Å². The Balaban J connectivity index is 1.28. The molecule has 2 amide bonds. The van der Waals surface area contributed by atoms with Crippen LogP contribution in [0.4, 0.5) is 11.4 Å². The van der Waals surface area contributed by atoms with Gasteiger partial charge in [-0.2, -0.15) is 0 Å². The highest BCUT2D eigenvalue weighted by atomic mass is 16.8. The first-order chi connectivity index (χ1) is 22.8. The first-order valence-corrected chi connectivity index (χ1v) is 15.5. The van der Waals surface area contributed by atoms with Crippen LogP contribution in [0, 0.1) is 0 Å². The molecule has 4 aromatic rings. The molecule has 0 aliphatic carbocycles. The van der Waals surface area contributed by atoms with Crippen molar-refractivity contribution in [2.24, 2.45) is 0 Å². The maximum Gasteiger partial charge on any atom is 0.270 e. The van der Waals surface area contributed by atoms with Crippen molar-refractivity contribution in [3.05, 3.63) is 109 Å². The second kappa shape index (κ2) is 12.3. The molecule has 10 heteroatoms. The lowest BCUT2D eigenvalue weighted by molar-refractivity contribution is -0.162. The zero-order valence-electron chi connectivity index (χ0n) is 26.5. The Morgan fingerprint density at radius 2 is 0.894 bits per heavy atom. The van der Waals surface area contributed by atoms with Gasteiger partial charge in [-0.3, -0.25) is 19.4 Å². The van der Waals surface area contributed by atoms with Gasteiger partial charge in [-0.15, -0.1) is 0 Å². The maximum atomic E-state index is 13.9. The molecule has 10 nitrogen and oxygen atoms in total. The minimum atomic E-state index is -1.04. The smallest absolute Gasteiger partial charge is 0.270 e. The van der Waals surface area contributed by atoms with Crippen LogP contribution in [0.15, 0.2) is 109 Å². The summed E-state index contributed by atoms with van der Waals surface area (Å²) in [5.41, 5.74) is 1.32. The lowest BCUT2D eigenvalue weighted by atomic mass is 9.81. The largest absolute Gasteiger partial charge is 0.497 e. The van der Waals surface area contributed by atoms with Gasteiger partial charge in [0.05, 0.1) is 14.2 Å². The normalized spacial score (nSPS) is 26.3. The molecule has 242 valence electrons. The van der Waals surface area contributed by atoms with Gasteiger partial charge in [0, 0.05) is 11.4 Å². The number of rotatable bonds is 10. The average Bonchev–Trinajstić information content (AvgIpc) is 3.41. The zero-order chi connectivity index (χ0) is 32.7. The van der Waals surface area contributed by atoms with Crippen molar-refractivity contribution in [3.8, 4) is 23.0 Å². The van der Waals surface area contributed by atoms with Gasteiger partial charge in [-0.25, -0.2) is 0 Å². The number of nitrogens with zero attached hydrogens (tertiary/aromatic N) is 2. The number of methoxy groups -OCH3 is 2. The van der Waals surface area contributed by atoms with Gasteiger partial charge in [-0.05, 0) is 86.6 Å². The lowest BCUT2D eigenvalue weighted by Gasteiger charge is -2.53. The average molecular weight is 637 g/mol. The van der Waals surface area contributed by atoms with E-state index in [1.165, 1.54) is 0 Å². The minimum absolute atomic E-state index is 0.218. The summed E-state index contributed by atoms with van der Waals surface area (Å²) < 4.78 is 36.7.